The van der Waals surface area contributed by atoms with Gasteiger partial charge in [0.25, 0.3) is 5.91 Å². The summed E-state index contributed by atoms with van der Waals surface area (Å²) in [5.41, 5.74) is 4.02. The molecule has 1 aromatic heterocycles. The van der Waals surface area contributed by atoms with E-state index < -0.39 is 0 Å². The standard InChI is InChI=1S/C20H23NO3/c1-11-7-6-8-14(12(11)2)21-19(23)18-13(3)17-15(22)9-20(4,5)10-16(17)24-18/h6-8H,9-10H2,1-5H3,(H,21,23). The highest BCUT2D eigenvalue weighted by atomic mass is 16.4. The number of hydrogen-bond acceptors (Lipinski definition) is 3. The number of benzene rings is 1. The summed E-state index contributed by atoms with van der Waals surface area (Å²) in [6, 6.07) is 5.78. The van der Waals surface area contributed by atoms with Crippen LogP contribution in [-0.4, -0.2) is 11.7 Å². The number of rotatable bonds is 2. The Hall–Kier alpha value is -2.36. The molecule has 3 rings (SSSR count). The first-order valence-corrected chi connectivity index (χ1v) is 8.22. The highest BCUT2D eigenvalue weighted by molar-refractivity contribution is 6.08. The van der Waals surface area contributed by atoms with Gasteiger partial charge in [-0.25, -0.2) is 0 Å². The molecule has 0 aliphatic heterocycles. The van der Waals surface area contributed by atoms with Crippen LogP contribution in [0.15, 0.2) is 22.6 Å². The summed E-state index contributed by atoms with van der Waals surface area (Å²) in [7, 11) is 0. The molecule has 0 spiro atoms. The lowest BCUT2D eigenvalue weighted by Crippen LogP contribution is -2.26. The predicted molar refractivity (Wildman–Crippen MR) is 93.7 cm³/mol. The molecule has 1 aromatic carbocycles. The summed E-state index contributed by atoms with van der Waals surface area (Å²) in [5, 5.41) is 2.91. The molecular weight excluding hydrogens is 302 g/mol. The van der Waals surface area contributed by atoms with Crippen LogP contribution in [0.1, 0.15) is 63.6 Å². The number of nitrogens with one attached hydrogen (secondary N) is 1. The van der Waals surface area contributed by atoms with E-state index in [4.69, 9.17) is 4.42 Å². The molecule has 4 nitrogen and oxygen atoms in total. The molecular formula is C20H23NO3. The number of carbonyl (C=O) groups is 2. The number of aryl methyl sites for hydroxylation is 1. The minimum Gasteiger partial charge on any atom is -0.455 e. The Morgan fingerprint density at radius 1 is 1.12 bits per heavy atom. The summed E-state index contributed by atoms with van der Waals surface area (Å²) in [6.07, 6.45) is 1.16. The quantitative estimate of drug-likeness (QED) is 0.877. The molecule has 2 aromatic rings. The molecule has 0 atom stereocenters. The number of anilines is 1. The molecule has 1 aliphatic rings. The van der Waals surface area contributed by atoms with Gasteiger partial charge in [0.05, 0.1) is 5.56 Å². The van der Waals surface area contributed by atoms with Crippen molar-refractivity contribution in [2.45, 2.75) is 47.5 Å². The van der Waals surface area contributed by atoms with Gasteiger partial charge in [-0.05, 0) is 43.4 Å². The number of amides is 1. The van der Waals surface area contributed by atoms with Gasteiger partial charge in [-0.3, -0.25) is 9.59 Å². The number of carbonyl (C=O) groups excluding carboxylic acids is 2. The fraction of sp³-hybridized carbons (Fsp3) is 0.400. The van der Waals surface area contributed by atoms with Crippen LogP contribution in [0, 0.1) is 26.2 Å². The van der Waals surface area contributed by atoms with Crippen LogP contribution >= 0.6 is 0 Å². The highest BCUT2D eigenvalue weighted by Crippen LogP contribution is 2.38. The molecule has 1 N–H and O–H groups in total. The second-order valence-electron chi connectivity index (χ2n) is 7.50. The lowest BCUT2D eigenvalue weighted by Gasteiger charge is -2.27. The fourth-order valence-corrected chi connectivity index (χ4v) is 3.36. The molecule has 0 saturated carbocycles. The Balaban J connectivity index is 1.95. The van der Waals surface area contributed by atoms with Crippen molar-refractivity contribution in [1.29, 1.82) is 0 Å². The molecule has 0 unspecified atom stereocenters. The molecule has 0 fully saturated rings. The van der Waals surface area contributed by atoms with Crippen LogP contribution in [0.3, 0.4) is 0 Å². The van der Waals surface area contributed by atoms with Gasteiger partial charge >= 0.3 is 0 Å². The molecule has 1 heterocycles. The maximum atomic E-state index is 12.7. The minimum absolute atomic E-state index is 0.0632. The van der Waals surface area contributed by atoms with Crippen molar-refractivity contribution in [3.63, 3.8) is 0 Å². The van der Waals surface area contributed by atoms with Crippen molar-refractivity contribution < 1.29 is 14.0 Å². The third-order valence-electron chi connectivity index (χ3n) is 4.84. The van der Waals surface area contributed by atoms with Crippen LogP contribution in [0.25, 0.3) is 0 Å². The number of hydrogen-bond donors (Lipinski definition) is 1. The molecule has 0 saturated heterocycles. The largest absolute Gasteiger partial charge is 0.455 e. The van der Waals surface area contributed by atoms with Gasteiger partial charge in [0.15, 0.2) is 11.5 Å². The number of ketones is 1. The number of furan rings is 1. The zero-order valence-electron chi connectivity index (χ0n) is 14.9. The van der Waals surface area contributed by atoms with E-state index in [9.17, 15) is 9.59 Å². The Morgan fingerprint density at radius 2 is 1.83 bits per heavy atom. The summed E-state index contributed by atoms with van der Waals surface area (Å²) >= 11 is 0. The maximum absolute atomic E-state index is 12.7. The second-order valence-corrected chi connectivity index (χ2v) is 7.50. The zero-order valence-corrected chi connectivity index (χ0v) is 14.9. The van der Waals surface area contributed by atoms with Crippen molar-refractivity contribution >= 4 is 17.4 Å². The maximum Gasteiger partial charge on any atom is 0.291 e. The van der Waals surface area contributed by atoms with Crippen LogP contribution in [0.4, 0.5) is 5.69 Å². The van der Waals surface area contributed by atoms with Crippen LogP contribution in [0.5, 0.6) is 0 Å². The molecule has 1 amide bonds. The molecule has 1 aliphatic carbocycles. The first-order chi connectivity index (χ1) is 11.2. The van der Waals surface area contributed by atoms with E-state index in [0.29, 0.717) is 29.7 Å². The smallest absolute Gasteiger partial charge is 0.291 e. The molecule has 0 bridgehead atoms. The molecule has 126 valence electrons. The monoisotopic (exact) mass is 325 g/mol. The van der Waals surface area contributed by atoms with E-state index in [0.717, 1.165) is 16.8 Å². The van der Waals surface area contributed by atoms with E-state index in [2.05, 4.69) is 5.32 Å². The van der Waals surface area contributed by atoms with Crippen LogP contribution in [0.2, 0.25) is 0 Å². The van der Waals surface area contributed by atoms with Gasteiger partial charge in [-0.2, -0.15) is 0 Å². The van der Waals surface area contributed by atoms with E-state index in [1.807, 2.05) is 45.9 Å². The molecule has 24 heavy (non-hydrogen) atoms. The van der Waals surface area contributed by atoms with E-state index >= 15 is 0 Å². The summed E-state index contributed by atoms with van der Waals surface area (Å²) < 4.78 is 5.81. The topological polar surface area (TPSA) is 59.3 Å². The number of Topliss-reactive ketones (excluding diaryl/α,β-unsaturated/α-hetero) is 1. The van der Waals surface area contributed by atoms with E-state index in [1.54, 1.807) is 6.92 Å². The predicted octanol–water partition coefficient (Wildman–Crippen LogP) is 4.61. The molecule has 0 radical (unpaired) electrons. The van der Waals surface area contributed by atoms with Gasteiger partial charge < -0.3 is 9.73 Å². The van der Waals surface area contributed by atoms with Gasteiger partial charge in [0.1, 0.15) is 5.76 Å². The first kappa shape index (κ1) is 16.5. The third kappa shape index (κ3) is 2.77. The Kier molecular flexibility index (Phi) is 3.86. The van der Waals surface area contributed by atoms with Crippen molar-refractivity contribution in [3.8, 4) is 0 Å². The van der Waals surface area contributed by atoms with E-state index in [-0.39, 0.29) is 22.9 Å². The zero-order chi connectivity index (χ0) is 17.6. The van der Waals surface area contributed by atoms with Gasteiger partial charge in [0, 0.05) is 24.1 Å². The highest BCUT2D eigenvalue weighted by Gasteiger charge is 2.37. The lowest BCUT2D eigenvalue weighted by molar-refractivity contribution is 0.0898. The number of fused-ring (bicyclic) bond motifs is 1. The van der Waals surface area contributed by atoms with Crippen molar-refractivity contribution in [2.24, 2.45) is 5.41 Å². The van der Waals surface area contributed by atoms with Gasteiger partial charge in [-0.1, -0.05) is 26.0 Å². The van der Waals surface area contributed by atoms with Crippen LogP contribution < -0.4 is 5.32 Å². The van der Waals surface area contributed by atoms with Crippen molar-refractivity contribution in [1.82, 2.24) is 0 Å². The first-order valence-electron chi connectivity index (χ1n) is 8.22. The summed E-state index contributed by atoms with van der Waals surface area (Å²) in [4.78, 5) is 25.1. The third-order valence-corrected chi connectivity index (χ3v) is 4.84. The average Bonchev–Trinajstić information content (AvgIpc) is 2.79. The van der Waals surface area contributed by atoms with Crippen molar-refractivity contribution in [3.05, 3.63) is 52.0 Å². The Bertz CT molecular complexity index is 843. The fourth-order valence-electron chi connectivity index (χ4n) is 3.36. The SMILES string of the molecule is Cc1cccc(NC(=O)c2oc3c(c2C)C(=O)CC(C)(C)C3)c1C. The minimum atomic E-state index is -0.304. The molecule has 4 heteroatoms. The van der Waals surface area contributed by atoms with Gasteiger partial charge in [-0.15, -0.1) is 0 Å². The Morgan fingerprint density at radius 3 is 2.54 bits per heavy atom. The summed E-state index contributed by atoms with van der Waals surface area (Å²) in [5.74, 6) is 0.640. The van der Waals surface area contributed by atoms with Gasteiger partial charge in [0.2, 0.25) is 0 Å². The average molecular weight is 325 g/mol. The normalized spacial score (nSPS) is 16.0. The summed E-state index contributed by atoms with van der Waals surface area (Å²) in [6.45, 7) is 9.85. The van der Waals surface area contributed by atoms with E-state index in [1.165, 1.54) is 0 Å². The second kappa shape index (κ2) is 5.62. The van der Waals surface area contributed by atoms with Crippen LogP contribution in [-0.2, 0) is 6.42 Å². The lowest BCUT2D eigenvalue weighted by atomic mass is 9.76. The Labute approximate surface area is 142 Å². The van der Waals surface area contributed by atoms with Crippen molar-refractivity contribution in [2.75, 3.05) is 5.32 Å².